The number of hydrogen-bond donors (Lipinski definition) is 2. The monoisotopic (exact) mass is 340 g/mol. The van der Waals surface area contributed by atoms with E-state index >= 15 is 0 Å². The predicted molar refractivity (Wildman–Crippen MR) is 83.0 cm³/mol. The van der Waals surface area contributed by atoms with Crippen molar-refractivity contribution >= 4 is 21.7 Å². The molecular formula is C13H20N6O3S. The number of amides is 1. The second kappa shape index (κ2) is 5.53. The molecule has 0 spiro atoms. The van der Waals surface area contributed by atoms with Gasteiger partial charge < -0.3 is 5.73 Å². The summed E-state index contributed by atoms with van der Waals surface area (Å²) in [5.74, 6) is -0.952. The molecule has 126 valence electrons. The van der Waals surface area contributed by atoms with Crippen LogP contribution in [0.4, 0.5) is 0 Å². The van der Waals surface area contributed by atoms with Crippen LogP contribution in [0.15, 0.2) is 11.2 Å². The van der Waals surface area contributed by atoms with Gasteiger partial charge in [-0.2, -0.15) is 9.71 Å². The Morgan fingerprint density at radius 3 is 2.48 bits per heavy atom. The van der Waals surface area contributed by atoms with Crippen LogP contribution in [0.2, 0.25) is 0 Å². The van der Waals surface area contributed by atoms with Gasteiger partial charge in [-0.25, -0.2) is 17.9 Å². The predicted octanol–water partition coefficient (Wildman–Crippen LogP) is -0.0806. The molecule has 2 rings (SSSR count). The van der Waals surface area contributed by atoms with E-state index in [0.717, 1.165) is 0 Å². The average molecular weight is 340 g/mol. The Kier molecular flexibility index (Phi) is 4.16. The van der Waals surface area contributed by atoms with Crippen LogP contribution in [0.5, 0.6) is 0 Å². The van der Waals surface area contributed by atoms with E-state index in [0.29, 0.717) is 11.4 Å². The van der Waals surface area contributed by atoms with E-state index in [4.69, 9.17) is 5.73 Å². The van der Waals surface area contributed by atoms with E-state index in [9.17, 15) is 13.2 Å². The van der Waals surface area contributed by atoms with Crippen molar-refractivity contribution in [2.45, 2.75) is 45.3 Å². The molecule has 2 heterocycles. The molecule has 0 saturated heterocycles. The van der Waals surface area contributed by atoms with Crippen LogP contribution >= 0.6 is 0 Å². The van der Waals surface area contributed by atoms with Crippen molar-refractivity contribution in [3.8, 4) is 0 Å². The number of carbonyl (C=O) groups is 1. The topological polar surface area (TPSA) is 132 Å². The Hall–Kier alpha value is -2.07. The van der Waals surface area contributed by atoms with E-state index < -0.39 is 26.6 Å². The normalized spacial score (nSPS) is 15.0. The molecule has 2 aromatic rings. The highest BCUT2D eigenvalue weighted by atomic mass is 32.2. The second-order valence-corrected chi connectivity index (χ2v) is 7.55. The molecule has 0 saturated carbocycles. The standard InChI is InChI=1S/C13H20N6O3S/c1-7(2)13(5,10(14)20)18-23(21,22)12-16-11-15-8(3)6-9(4)19(11)17-12/h6-7,18H,1-5H3,(H2,14,20)/t13-/m1/s1. The first-order valence-electron chi connectivity index (χ1n) is 7.02. The zero-order chi connectivity index (χ0) is 17.6. The van der Waals surface area contributed by atoms with Crippen molar-refractivity contribution in [3.05, 3.63) is 17.5 Å². The summed E-state index contributed by atoms with van der Waals surface area (Å²) in [6.07, 6.45) is 0. The third-order valence-corrected chi connectivity index (χ3v) is 5.20. The van der Waals surface area contributed by atoms with Gasteiger partial charge in [-0.15, -0.1) is 5.10 Å². The Morgan fingerprint density at radius 1 is 1.35 bits per heavy atom. The minimum Gasteiger partial charge on any atom is -0.368 e. The Balaban J connectivity index is 2.52. The summed E-state index contributed by atoms with van der Waals surface area (Å²) in [6, 6.07) is 1.76. The first-order chi connectivity index (χ1) is 10.5. The van der Waals surface area contributed by atoms with Crippen LogP contribution in [-0.2, 0) is 14.8 Å². The summed E-state index contributed by atoms with van der Waals surface area (Å²) in [4.78, 5) is 19.8. The van der Waals surface area contributed by atoms with Gasteiger partial charge in [0.25, 0.3) is 21.0 Å². The fraction of sp³-hybridized carbons (Fsp3) is 0.538. The maximum absolute atomic E-state index is 12.5. The number of primary amides is 1. The number of rotatable bonds is 5. The van der Waals surface area contributed by atoms with Gasteiger partial charge in [0.2, 0.25) is 5.91 Å². The Bertz CT molecular complexity index is 873. The van der Waals surface area contributed by atoms with Crippen molar-refractivity contribution < 1.29 is 13.2 Å². The Morgan fingerprint density at radius 2 is 1.96 bits per heavy atom. The van der Waals surface area contributed by atoms with Gasteiger partial charge in [0.15, 0.2) is 0 Å². The second-order valence-electron chi connectivity index (χ2n) is 5.97. The van der Waals surface area contributed by atoms with Crippen LogP contribution < -0.4 is 10.5 Å². The molecule has 0 aliphatic carbocycles. The Labute approximate surface area is 134 Å². The number of aromatic nitrogens is 4. The van der Waals surface area contributed by atoms with Crippen molar-refractivity contribution in [1.29, 1.82) is 0 Å². The highest BCUT2D eigenvalue weighted by molar-refractivity contribution is 7.89. The molecule has 0 fully saturated rings. The molecule has 23 heavy (non-hydrogen) atoms. The van der Waals surface area contributed by atoms with Gasteiger partial charge in [0, 0.05) is 11.4 Å². The zero-order valence-electron chi connectivity index (χ0n) is 13.7. The van der Waals surface area contributed by atoms with Crippen molar-refractivity contribution in [3.63, 3.8) is 0 Å². The fourth-order valence-corrected chi connectivity index (χ4v) is 3.42. The van der Waals surface area contributed by atoms with Crippen molar-refractivity contribution in [2.24, 2.45) is 11.7 Å². The molecule has 0 unspecified atom stereocenters. The van der Waals surface area contributed by atoms with Gasteiger partial charge in [0.1, 0.15) is 5.54 Å². The van der Waals surface area contributed by atoms with E-state index in [1.54, 1.807) is 33.8 Å². The molecule has 1 amide bonds. The first-order valence-corrected chi connectivity index (χ1v) is 8.50. The lowest BCUT2D eigenvalue weighted by atomic mass is 9.89. The smallest absolute Gasteiger partial charge is 0.284 e. The van der Waals surface area contributed by atoms with Gasteiger partial charge in [-0.05, 0) is 32.8 Å². The SMILES string of the molecule is Cc1cc(C)n2nc(S(=O)(=O)N[C@@](C)(C(N)=O)C(C)C)nc2n1. The molecule has 0 bridgehead atoms. The quantitative estimate of drug-likeness (QED) is 0.782. The number of nitrogens with zero attached hydrogens (tertiary/aromatic N) is 4. The van der Waals surface area contributed by atoms with Gasteiger partial charge in [-0.3, -0.25) is 4.79 Å². The molecule has 0 radical (unpaired) electrons. The molecule has 2 aromatic heterocycles. The zero-order valence-corrected chi connectivity index (χ0v) is 14.5. The lowest BCUT2D eigenvalue weighted by molar-refractivity contribution is -0.124. The van der Waals surface area contributed by atoms with Crippen LogP contribution in [0, 0.1) is 19.8 Å². The summed E-state index contributed by atoms with van der Waals surface area (Å²) >= 11 is 0. The van der Waals surface area contributed by atoms with Crippen LogP contribution in [-0.4, -0.2) is 39.4 Å². The minimum atomic E-state index is -4.13. The number of sulfonamides is 1. The summed E-state index contributed by atoms with van der Waals surface area (Å²) in [6.45, 7) is 8.36. The number of aryl methyl sites for hydroxylation is 2. The van der Waals surface area contributed by atoms with Gasteiger partial charge in [-0.1, -0.05) is 13.8 Å². The lowest BCUT2D eigenvalue weighted by Gasteiger charge is -2.30. The molecule has 10 heteroatoms. The number of nitrogens with one attached hydrogen (secondary N) is 1. The maximum Gasteiger partial charge on any atom is 0.284 e. The van der Waals surface area contributed by atoms with Crippen molar-refractivity contribution in [1.82, 2.24) is 24.3 Å². The number of nitrogens with two attached hydrogens (primary N) is 1. The molecule has 0 aliphatic heterocycles. The summed E-state index contributed by atoms with van der Waals surface area (Å²) < 4.78 is 28.7. The number of fused-ring (bicyclic) bond motifs is 1. The third-order valence-electron chi connectivity index (χ3n) is 3.85. The van der Waals surface area contributed by atoms with Crippen LogP contribution in [0.3, 0.4) is 0 Å². The third kappa shape index (κ3) is 3.04. The van der Waals surface area contributed by atoms with Crippen LogP contribution in [0.1, 0.15) is 32.2 Å². The highest BCUT2D eigenvalue weighted by Gasteiger charge is 2.40. The van der Waals surface area contributed by atoms with Gasteiger partial charge in [0.05, 0.1) is 0 Å². The van der Waals surface area contributed by atoms with E-state index in [1.165, 1.54) is 11.4 Å². The molecule has 9 nitrogen and oxygen atoms in total. The summed E-state index contributed by atoms with van der Waals surface area (Å²) in [5.41, 5.74) is 5.30. The molecule has 3 N–H and O–H groups in total. The first kappa shape index (κ1) is 17.3. The molecule has 1 atom stereocenters. The van der Waals surface area contributed by atoms with Gasteiger partial charge >= 0.3 is 0 Å². The largest absolute Gasteiger partial charge is 0.368 e. The maximum atomic E-state index is 12.5. The lowest BCUT2D eigenvalue weighted by Crippen LogP contribution is -2.58. The summed E-state index contributed by atoms with van der Waals surface area (Å²) in [5, 5.41) is 3.52. The van der Waals surface area contributed by atoms with E-state index in [2.05, 4.69) is 19.8 Å². The summed E-state index contributed by atoms with van der Waals surface area (Å²) in [7, 11) is -4.13. The van der Waals surface area contributed by atoms with E-state index in [1.807, 2.05) is 0 Å². The average Bonchev–Trinajstić information content (AvgIpc) is 2.82. The van der Waals surface area contributed by atoms with Crippen molar-refractivity contribution in [2.75, 3.05) is 0 Å². The molecular weight excluding hydrogens is 320 g/mol. The number of carbonyl (C=O) groups excluding carboxylic acids is 1. The minimum absolute atomic E-state index is 0.174. The van der Waals surface area contributed by atoms with Crippen LogP contribution in [0.25, 0.3) is 5.78 Å². The fourth-order valence-electron chi connectivity index (χ4n) is 2.04. The number of hydrogen-bond acceptors (Lipinski definition) is 6. The highest BCUT2D eigenvalue weighted by Crippen LogP contribution is 2.19. The molecule has 0 aromatic carbocycles. The van der Waals surface area contributed by atoms with E-state index in [-0.39, 0.29) is 11.7 Å². The molecule has 0 aliphatic rings.